The fraction of sp³-hybridized carbons (Fsp3) is 0.611. The van der Waals surface area contributed by atoms with Gasteiger partial charge in [-0.2, -0.15) is 0 Å². The molecule has 3 aliphatic heterocycles. The van der Waals surface area contributed by atoms with Gasteiger partial charge in [0.1, 0.15) is 0 Å². The summed E-state index contributed by atoms with van der Waals surface area (Å²) in [5.74, 6) is -0.00902. The van der Waals surface area contributed by atoms with Crippen molar-refractivity contribution < 1.29 is 14.5 Å². The fourth-order valence-electron chi connectivity index (χ4n) is 4.36. The number of piperidine rings is 1. The van der Waals surface area contributed by atoms with E-state index in [2.05, 4.69) is 4.90 Å². The largest absolute Gasteiger partial charge is 0.377 e. The zero-order valence-electron chi connectivity index (χ0n) is 14.2. The second-order valence-electron chi connectivity index (χ2n) is 7.10. The number of non-ortho nitro benzene ring substituents is 1. The number of ether oxygens (including phenoxy) is 1. The molecule has 0 bridgehead atoms. The number of hydrogen-bond donors (Lipinski definition) is 0. The summed E-state index contributed by atoms with van der Waals surface area (Å²) >= 11 is 0. The Balaban J connectivity index is 1.67. The first-order valence-corrected chi connectivity index (χ1v) is 9.05. The highest BCUT2D eigenvalue weighted by Gasteiger charge is 2.42. The van der Waals surface area contributed by atoms with Crippen molar-refractivity contribution in [2.45, 2.75) is 31.7 Å². The lowest BCUT2D eigenvalue weighted by Crippen LogP contribution is -2.57. The molecular formula is C18H23N3O4. The van der Waals surface area contributed by atoms with Crippen LogP contribution in [0.15, 0.2) is 18.2 Å². The van der Waals surface area contributed by atoms with Gasteiger partial charge in [-0.1, -0.05) is 0 Å². The SMILES string of the molecule is O=C(C1Cc2cc([N+](=O)[O-])ccc2N2CCOCC12)N1CCCCC1. The Labute approximate surface area is 146 Å². The Morgan fingerprint density at radius 2 is 2.00 bits per heavy atom. The number of nitrogens with zero attached hydrogens (tertiary/aromatic N) is 3. The number of morpholine rings is 1. The lowest BCUT2D eigenvalue weighted by molar-refractivity contribution is -0.384. The van der Waals surface area contributed by atoms with Crippen LogP contribution in [0.1, 0.15) is 24.8 Å². The Kier molecular flexibility index (Phi) is 4.33. The van der Waals surface area contributed by atoms with Gasteiger partial charge >= 0.3 is 0 Å². The molecule has 0 saturated carbocycles. The first kappa shape index (κ1) is 16.3. The molecule has 3 aliphatic rings. The van der Waals surface area contributed by atoms with Crippen LogP contribution in [0.25, 0.3) is 0 Å². The number of likely N-dealkylation sites (tertiary alicyclic amines) is 1. The highest BCUT2D eigenvalue weighted by molar-refractivity contribution is 5.82. The lowest BCUT2D eigenvalue weighted by atomic mass is 9.83. The van der Waals surface area contributed by atoms with Gasteiger partial charge in [-0.25, -0.2) is 0 Å². The summed E-state index contributed by atoms with van der Waals surface area (Å²) in [6.07, 6.45) is 3.86. The van der Waals surface area contributed by atoms with Crippen molar-refractivity contribution in [3.8, 4) is 0 Å². The maximum Gasteiger partial charge on any atom is 0.269 e. The minimum atomic E-state index is -0.368. The fourth-order valence-corrected chi connectivity index (χ4v) is 4.36. The van der Waals surface area contributed by atoms with E-state index in [-0.39, 0.29) is 28.5 Å². The number of fused-ring (bicyclic) bond motifs is 3. The Hall–Kier alpha value is -2.15. The van der Waals surface area contributed by atoms with E-state index in [9.17, 15) is 14.9 Å². The van der Waals surface area contributed by atoms with Crippen LogP contribution in [-0.2, 0) is 16.0 Å². The van der Waals surface area contributed by atoms with Crippen LogP contribution in [-0.4, -0.2) is 54.6 Å². The monoisotopic (exact) mass is 345 g/mol. The molecule has 7 nitrogen and oxygen atoms in total. The van der Waals surface area contributed by atoms with Gasteiger partial charge in [0, 0.05) is 37.5 Å². The third-order valence-corrected chi connectivity index (χ3v) is 5.64. The topological polar surface area (TPSA) is 75.9 Å². The van der Waals surface area contributed by atoms with Crippen LogP contribution in [0.3, 0.4) is 0 Å². The van der Waals surface area contributed by atoms with Crippen molar-refractivity contribution in [2.75, 3.05) is 37.7 Å². The summed E-state index contributed by atoms with van der Waals surface area (Å²) in [4.78, 5) is 28.1. The third-order valence-electron chi connectivity index (χ3n) is 5.64. The Morgan fingerprint density at radius 1 is 1.20 bits per heavy atom. The molecule has 1 amide bonds. The molecule has 0 spiro atoms. The maximum atomic E-state index is 13.1. The molecule has 2 fully saturated rings. The van der Waals surface area contributed by atoms with E-state index in [4.69, 9.17) is 4.74 Å². The van der Waals surface area contributed by atoms with Gasteiger partial charge in [0.05, 0.1) is 30.1 Å². The van der Waals surface area contributed by atoms with E-state index in [1.165, 1.54) is 6.42 Å². The molecule has 134 valence electrons. The number of nitro groups is 1. The average molecular weight is 345 g/mol. The van der Waals surface area contributed by atoms with Crippen molar-refractivity contribution >= 4 is 17.3 Å². The minimum Gasteiger partial charge on any atom is -0.377 e. The molecule has 1 aromatic carbocycles. The van der Waals surface area contributed by atoms with Gasteiger partial charge in [-0.05, 0) is 37.3 Å². The van der Waals surface area contributed by atoms with Gasteiger partial charge in [-0.3, -0.25) is 14.9 Å². The van der Waals surface area contributed by atoms with Crippen molar-refractivity contribution in [3.63, 3.8) is 0 Å². The lowest BCUT2D eigenvalue weighted by Gasteiger charge is -2.46. The van der Waals surface area contributed by atoms with Gasteiger partial charge in [0.25, 0.3) is 5.69 Å². The number of rotatable bonds is 2. The molecule has 4 rings (SSSR count). The highest BCUT2D eigenvalue weighted by atomic mass is 16.6. The van der Waals surface area contributed by atoms with Crippen LogP contribution in [0.4, 0.5) is 11.4 Å². The number of amides is 1. The smallest absolute Gasteiger partial charge is 0.269 e. The second-order valence-corrected chi connectivity index (χ2v) is 7.10. The standard InChI is InChI=1S/C18H23N3O4/c22-18(19-6-2-1-3-7-19)15-11-13-10-14(21(23)24)4-5-16(13)20-8-9-25-12-17(15)20/h4-5,10,15,17H,1-3,6-9,11-12H2. The summed E-state index contributed by atoms with van der Waals surface area (Å²) in [5.41, 5.74) is 2.01. The molecule has 2 unspecified atom stereocenters. The first-order chi connectivity index (χ1) is 12.1. The zero-order valence-corrected chi connectivity index (χ0v) is 14.2. The molecule has 0 aromatic heterocycles. The number of hydrogen-bond acceptors (Lipinski definition) is 5. The van der Waals surface area contributed by atoms with Crippen molar-refractivity contribution in [1.29, 1.82) is 0 Å². The van der Waals surface area contributed by atoms with Crippen LogP contribution < -0.4 is 4.90 Å². The second kappa shape index (κ2) is 6.63. The zero-order chi connectivity index (χ0) is 17.4. The number of nitro benzene ring substituents is 1. The molecule has 7 heteroatoms. The molecular weight excluding hydrogens is 322 g/mol. The summed E-state index contributed by atoms with van der Waals surface area (Å²) in [6, 6.07) is 5.04. The van der Waals surface area contributed by atoms with E-state index < -0.39 is 0 Å². The normalized spacial score (nSPS) is 25.9. The van der Waals surface area contributed by atoms with Crippen LogP contribution in [0, 0.1) is 16.0 Å². The van der Waals surface area contributed by atoms with Gasteiger partial charge in [0.2, 0.25) is 5.91 Å². The Bertz CT molecular complexity index is 687. The van der Waals surface area contributed by atoms with Crippen molar-refractivity contribution in [3.05, 3.63) is 33.9 Å². The maximum absolute atomic E-state index is 13.1. The van der Waals surface area contributed by atoms with Gasteiger partial charge in [0.15, 0.2) is 0 Å². The van der Waals surface area contributed by atoms with Crippen LogP contribution in [0.5, 0.6) is 0 Å². The first-order valence-electron chi connectivity index (χ1n) is 9.05. The number of benzene rings is 1. The van der Waals surface area contributed by atoms with Crippen molar-refractivity contribution in [1.82, 2.24) is 4.90 Å². The molecule has 0 aliphatic carbocycles. The molecule has 0 radical (unpaired) electrons. The van der Waals surface area contributed by atoms with E-state index in [1.54, 1.807) is 12.1 Å². The van der Waals surface area contributed by atoms with E-state index in [0.717, 1.165) is 43.7 Å². The highest BCUT2D eigenvalue weighted by Crippen LogP contribution is 2.38. The van der Waals surface area contributed by atoms with Crippen LogP contribution >= 0.6 is 0 Å². The summed E-state index contributed by atoms with van der Waals surface area (Å²) in [7, 11) is 0. The number of carbonyl (C=O) groups excluding carboxylic acids is 1. The van der Waals surface area contributed by atoms with E-state index >= 15 is 0 Å². The summed E-state index contributed by atoms with van der Waals surface area (Å²) < 4.78 is 5.66. The minimum absolute atomic E-state index is 0.0251. The molecule has 3 heterocycles. The van der Waals surface area contributed by atoms with Crippen molar-refractivity contribution in [2.24, 2.45) is 5.92 Å². The van der Waals surface area contributed by atoms with E-state index in [0.29, 0.717) is 19.6 Å². The number of anilines is 1. The summed E-state index contributed by atoms with van der Waals surface area (Å²) in [6.45, 7) is 3.53. The van der Waals surface area contributed by atoms with E-state index in [1.807, 2.05) is 11.0 Å². The molecule has 1 aromatic rings. The summed E-state index contributed by atoms with van der Waals surface area (Å²) in [5, 5.41) is 11.1. The Morgan fingerprint density at radius 3 is 2.76 bits per heavy atom. The molecule has 2 atom stereocenters. The predicted molar refractivity (Wildman–Crippen MR) is 92.7 cm³/mol. The van der Waals surface area contributed by atoms with Gasteiger partial charge in [-0.15, -0.1) is 0 Å². The number of carbonyl (C=O) groups is 1. The average Bonchev–Trinajstić information content (AvgIpc) is 2.67. The third kappa shape index (κ3) is 2.97. The van der Waals surface area contributed by atoms with Crippen LogP contribution in [0.2, 0.25) is 0 Å². The molecule has 25 heavy (non-hydrogen) atoms. The molecule has 2 saturated heterocycles. The molecule has 0 N–H and O–H groups in total. The predicted octanol–water partition coefficient (Wildman–Crippen LogP) is 1.98. The van der Waals surface area contributed by atoms with Gasteiger partial charge < -0.3 is 14.5 Å². The quantitative estimate of drug-likeness (QED) is 0.605.